The van der Waals surface area contributed by atoms with E-state index in [0.717, 1.165) is 12.1 Å². The molecule has 3 aromatic heterocycles. The van der Waals surface area contributed by atoms with Crippen molar-refractivity contribution < 1.29 is 9.85 Å². The summed E-state index contributed by atoms with van der Waals surface area (Å²) in [5.41, 5.74) is 0.0525. The molecule has 16 nitrogen and oxygen atoms in total. The molecule has 3 heterocycles. The number of para-hydroxylation sites is 2. The molecule has 6 aromatic rings. The summed E-state index contributed by atoms with van der Waals surface area (Å²) in [7, 11) is 3.42. The van der Waals surface area contributed by atoms with E-state index in [9.17, 15) is 29.8 Å². The lowest BCUT2D eigenvalue weighted by atomic mass is 10.2. The lowest BCUT2D eigenvalue weighted by Gasteiger charge is -2.12. The van der Waals surface area contributed by atoms with Crippen LogP contribution >= 0.6 is 0 Å². The third kappa shape index (κ3) is 4.83. The van der Waals surface area contributed by atoms with Crippen LogP contribution in [0.3, 0.4) is 0 Å². The first-order valence-corrected chi connectivity index (χ1v) is 13.8. The van der Waals surface area contributed by atoms with Crippen LogP contribution < -0.4 is 21.8 Å². The first-order chi connectivity index (χ1) is 22.0. The first kappa shape index (κ1) is 29.5. The van der Waals surface area contributed by atoms with E-state index in [4.69, 9.17) is 0 Å². The smallest absolute Gasteiger partial charge is 0.331 e. The number of nitrogens with zero attached hydrogens (tertiary/aromatic N) is 8. The highest BCUT2D eigenvalue weighted by Gasteiger charge is 2.28. The molecule has 6 rings (SSSR count). The zero-order valence-electron chi connectivity index (χ0n) is 25.0. The van der Waals surface area contributed by atoms with E-state index in [1.165, 1.54) is 9.36 Å². The zero-order valence-corrected chi connectivity index (χ0v) is 25.0. The lowest BCUT2D eigenvalue weighted by Crippen LogP contribution is -2.21. The van der Waals surface area contributed by atoms with E-state index < -0.39 is 32.3 Å². The van der Waals surface area contributed by atoms with Gasteiger partial charge in [-0.3, -0.25) is 39.2 Å². The topological polar surface area (TPSA) is 190 Å². The minimum absolute atomic E-state index is 0.0458. The van der Waals surface area contributed by atoms with Gasteiger partial charge < -0.3 is 10.6 Å². The Hall–Kier alpha value is -6.58. The van der Waals surface area contributed by atoms with Crippen molar-refractivity contribution in [1.82, 2.24) is 28.7 Å². The van der Waals surface area contributed by atoms with Crippen molar-refractivity contribution in [2.75, 3.05) is 10.6 Å². The van der Waals surface area contributed by atoms with E-state index in [-0.39, 0.29) is 34.0 Å². The molecule has 0 saturated heterocycles. The minimum Gasteiger partial charge on any atom is -0.331 e. The summed E-state index contributed by atoms with van der Waals surface area (Å²) in [6.45, 7) is 3.44. The molecule has 0 fully saturated rings. The van der Waals surface area contributed by atoms with E-state index in [1.54, 1.807) is 85.8 Å². The van der Waals surface area contributed by atoms with Crippen LogP contribution in [0.1, 0.15) is 11.4 Å². The fraction of sp³-hybridized carbons (Fsp3) is 0.133. The molecule has 0 aliphatic rings. The van der Waals surface area contributed by atoms with Gasteiger partial charge in [-0.2, -0.15) is 0 Å². The number of rotatable bonds is 8. The van der Waals surface area contributed by atoms with Crippen molar-refractivity contribution in [3.63, 3.8) is 0 Å². The number of fused-ring (bicyclic) bond motifs is 1. The van der Waals surface area contributed by atoms with Crippen LogP contribution in [0.25, 0.3) is 22.4 Å². The molecule has 2 N–H and O–H groups in total. The number of benzene rings is 3. The highest BCUT2D eigenvalue weighted by atomic mass is 16.6. The maximum atomic E-state index is 13.7. The van der Waals surface area contributed by atoms with Crippen LogP contribution in [0.2, 0.25) is 0 Å². The maximum Gasteiger partial charge on any atom is 0.348 e. The van der Waals surface area contributed by atoms with Crippen molar-refractivity contribution in [2.45, 2.75) is 13.8 Å². The molecule has 46 heavy (non-hydrogen) atoms. The summed E-state index contributed by atoms with van der Waals surface area (Å²) < 4.78 is 6.20. The number of nitrogens with one attached hydrogen (secondary N) is 2. The largest absolute Gasteiger partial charge is 0.348 e. The van der Waals surface area contributed by atoms with E-state index in [0.29, 0.717) is 22.8 Å². The monoisotopic (exact) mass is 622 g/mol. The van der Waals surface area contributed by atoms with Gasteiger partial charge in [0.1, 0.15) is 11.4 Å². The predicted octanol–water partition coefficient (Wildman–Crippen LogP) is 4.53. The molecule has 16 heteroatoms. The second-order valence-corrected chi connectivity index (χ2v) is 10.4. The third-order valence-electron chi connectivity index (χ3n) is 7.75. The molecule has 0 bridgehead atoms. The lowest BCUT2D eigenvalue weighted by molar-refractivity contribution is -0.422. The van der Waals surface area contributed by atoms with Gasteiger partial charge in [0.15, 0.2) is 11.6 Å². The SMILES string of the molecule is Cc1c(Nc2nc3cc([N+](=O)[O-])c([N+](=O)[O-])cc3nc2Nc2c(C)n(C)n(-c3ccccc3)c2=O)c(=O)n(-c2ccccc2)n1C. The van der Waals surface area contributed by atoms with Gasteiger partial charge in [-0.1, -0.05) is 36.4 Å². The molecule has 232 valence electrons. The van der Waals surface area contributed by atoms with Crippen LogP contribution in [0.4, 0.5) is 34.4 Å². The van der Waals surface area contributed by atoms with Crippen molar-refractivity contribution in [3.05, 3.63) is 125 Å². The molecule has 3 aromatic carbocycles. The van der Waals surface area contributed by atoms with E-state index >= 15 is 0 Å². The number of nitro groups is 2. The Morgan fingerprint density at radius 1 is 0.630 bits per heavy atom. The number of anilines is 4. The Kier molecular flexibility index (Phi) is 7.16. The molecule has 0 aliphatic heterocycles. The molecule has 0 aliphatic carbocycles. The first-order valence-electron chi connectivity index (χ1n) is 13.8. The summed E-state index contributed by atoms with van der Waals surface area (Å²) in [4.78, 5) is 58.1. The quantitative estimate of drug-likeness (QED) is 0.180. The van der Waals surface area contributed by atoms with Crippen LogP contribution in [-0.4, -0.2) is 38.5 Å². The van der Waals surface area contributed by atoms with Crippen LogP contribution in [-0.2, 0) is 14.1 Å². The second kappa shape index (κ2) is 11.2. The third-order valence-corrected chi connectivity index (χ3v) is 7.75. The number of nitro benzene ring substituents is 2. The number of hydrogen-bond acceptors (Lipinski definition) is 10. The van der Waals surface area contributed by atoms with Crippen molar-refractivity contribution >= 4 is 45.4 Å². The Balaban J connectivity index is 1.56. The highest BCUT2D eigenvalue weighted by molar-refractivity contribution is 5.88. The molecule has 0 unspecified atom stereocenters. The van der Waals surface area contributed by atoms with Crippen LogP contribution in [0, 0.1) is 34.1 Å². The molecular weight excluding hydrogens is 596 g/mol. The van der Waals surface area contributed by atoms with Crippen molar-refractivity contribution in [3.8, 4) is 11.4 Å². The van der Waals surface area contributed by atoms with Gasteiger partial charge in [0.25, 0.3) is 11.1 Å². The van der Waals surface area contributed by atoms with Crippen LogP contribution in [0.15, 0.2) is 82.4 Å². The highest BCUT2D eigenvalue weighted by Crippen LogP contribution is 2.34. The Bertz CT molecular complexity index is 2140. The number of hydrogen-bond donors (Lipinski definition) is 2. The fourth-order valence-electron chi connectivity index (χ4n) is 5.21. The van der Waals surface area contributed by atoms with Gasteiger partial charge >= 0.3 is 11.4 Å². The molecule has 0 amide bonds. The van der Waals surface area contributed by atoms with E-state index in [2.05, 4.69) is 20.6 Å². The summed E-state index contributed by atoms with van der Waals surface area (Å²) >= 11 is 0. The summed E-state index contributed by atoms with van der Waals surface area (Å²) in [5, 5.41) is 29.4. The summed E-state index contributed by atoms with van der Waals surface area (Å²) in [5.74, 6) is -0.0915. The van der Waals surface area contributed by atoms with Gasteiger partial charge in [-0.05, 0) is 38.1 Å². The maximum absolute atomic E-state index is 13.7. The average Bonchev–Trinajstić information content (AvgIpc) is 3.38. The molecular formula is C30H26N10O6. The normalized spacial score (nSPS) is 11.1. The molecule has 0 radical (unpaired) electrons. The summed E-state index contributed by atoms with van der Waals surface area (Å²) in [6, 6.07) is 19.8. The summed E-state index contributed by atoms with van der Waals surface area (Å²) in [6.07, 6.45) is 0. The Morgan fingerprint density at radius 2 is 0.978 bits per heavy atom. The van der Waals surface area contributed by atoms with Gasteiger partial charge in [-0.15, -0.1) is 0 Å². The van der Waals surface area contributed by atoms with Crippen LogP contribution in [0.5, 0.6) is 0 Å². The number of aromatic nitrogens is 6. The van der Waals surface area contributed by atoms with Crippen molar-refractivity contribution in [1.29, 1.82) is 0 Å². The average molecular weight is 623 g/mol. The minimum atomic E-state index is -0.877. The predicted molar refractivity (Wildman–Crippen MR) is 171 cm³/mol. The Labute approximate surface area is 259 Å². The molecule has 0 spiro atoms. The van der Waals surface area contributed by atoms with E-state index in [1.807, 2.05) is 12.1 Å². The Morgan fingerprint density at radius 3 is 1.30 bits per heavy atom. The second-order valence-electron chi connectivity index (χ2n) is 10.4. The van der Waals surface area contributed by atoms with Gasteiger partial charge in [0, 0.05) is 14.1 Å². The zero-order chi connectivity index (χ0) is 32.9. The van der Waals surface area contributed by atoms with Gasteiger partial charge in [-0.25, -0.2) is 19.3 Å². The molecule has 0 atom stereocenters. The van der Waals surface area contributed by atoms with Crippen molar-refractivity contribution in [2.24, 2.45) is 14.1 Å². The standard InChI is InChI=1S/C30H26N10O6/c1-17-25(29(41)37(35(17)3)19-11-7-5-8-12-19)33-27-28(32-22-16-24(40(45)46)23(39(43)44)15-21(22)31-27)34-26-18(2)36(4)38(30(26)42)20-13-9-6-10-14-20/h5-16H,1-4H3,(H,31,33)(H,32,34). The van der Waals surface area contributed by atoms with Gasteiger partial charge in [0.05, 0.1) is 55.8 Å². The molecule has 0 saturated carbocycles. The fourth-order valence-corrected chi connectivity index (χ4v) is 5.21. The van der Waals surface area contributed by atoms with Gasteiger partial charge in [0.2, 0.25) is 0 Å².